The lowest BCUT2D eigenvalue weighted by Crippen LogP contribution is -1.98. The third-order valence-corrected chi connectivity index (χ3v) is 11.1. The van der Waals surface area contributed by atoms with E-state index in [0.29, 0.717) is 11.1 Å². The van der Waals surface area contributed by atoms with E-state index in [-0.39, 0.29) is 0 Å². The van der Waals surface area contributed by atoms with Crippen molar-refractivity contribution in [2.75, 3.05) is 0 Å². The van der Waals surface area contributed by atoms with Gasteiger partial charge in [-0.05, 0) is 90.0 Å². The van der Waals surface area contributed by atoms with Crippen molar-refractivity contribution in [3.8, 4) is 40.3 Å². The van der Waals surface area contributed by atoms with Crippen LogP contribution >= 0.6 is 0 Å². The highest BCUT2D eigenvalue weighted by molar-refractivity contribution is 6.17. The van der Waals surface area contributed by atoms with Crippen molar-refractivity contribution in [2.45, 2.75) is 0 Å². The maximum Gasteiger partial charge on any atom is 0.0998 e. The van der Waals surface area contributed by atoms with Gasteiger partial charge < -0.3 is 13.7 Å². The summed E-state index contributed by atoms with van der Waals surface area (Å²) in [5.74, 6) is 0. The number of hydrogen-bond donors (Lipinski definition) is 0. The fourth-order valence-electron chi connectivity index (χ4n) is 8.80. The summed E-state index contributed by atoms with van der Waals surface area (Å²) < 4.78 is 6.88. The van der Waals surface area contributed by atoms with Crippen LogP contribution in [0.25, 0.3) is 93.6 Å². The van der Waals surface area contributed by atoms with Crippen molar-refractivity contribution in [1.29, 1.82) is 10.5 Å². The quantitative estimate of drug-likeness (QED) is 0.184. The zero-order valence-electron chi connectivity index (χ0n) is 29.5. The minimum atomic E-state index is 0.603. The van der Waals surface area contributed by atoms with Crippen LogP contribution in [0.15, 0.2) is 176 Å². The third kappa shape index (κ3) is 4.45. The summed E-state index contributed by atoms with van der Waals surface area (Å²) in [6, 6.07) is 65.8. The lowest BCUT2D eigenvalue weighted by atomic mass is 9.99. The highest BCUT2D eigenvalue weighted by atomic mass is 15.0. The molecule has 0 aliphatic carbocycles. The van der Waals surface area contributed by atoms with Gasteiger partial charge in [0.15, 0.2) is 0 Å². The molecule has 3 heterocycles. The molecule has 8 aromatic carbocycles. The zero-order valence-corrected chi connectivity index (χ0v) is 29.5. The van der Waals surface area contributed by atoms with Crippen molar-refractivity contribution < 1.29 is 0 Å². The SMILES string of the molecule is N#Cc1ccc2c(c1)c1c(-n3c4ccccc4c4ccccc43)cccc1n2-c1cccc(-c2ccc(-n3c4ccccc4c4ccccc43)cc2C#N)c1. The molecular weight excluding hydrogens is 671 g/mol. The Morgan fingerprint density at radius 2 is 0.891 bits per heavy atom. The second kappa shape index (κ2) is 11.8. The van der Waals surface area contributed by atoms with E-state index < -0.39 is 0 Å². The first-order valence-corrected chi connectivity index (χ1v) is 18.3. The minimum Gasteiger partial charge on any atom is -0.309 e. The van der Waals surface area contributed by atoms with Crippen LogP contribution in [0.2, 0.25) is 0 Å². The Morgan fingerprint density at radius 1 is 0.364 bits per heavy atom. The number of hydrogen-bond acceptors (Lipinski definition) is 2. The summed E-state index contributed by atoms with van der Waals surface area (Å²) in [6.45, 7) is 0. The largest absolute Gasteiger partial charge is 0.309 e. The predicted octanol–water partition coefficient (Wildman–Crippen LogP) is 12.4. The van der Waals surface area contributed by atoms with Gasteiger partial charge in [0, 0.05) is 43.7 Å². The molecule has 0 radical (unpaired) electrons. The van der Waals surface area contributed by atoms with Gasteiger partial charge in [0.05, 0.1) is 62.1 Å². The monoisotopic (exact) mass is 699 g/mol. The number of nitriles is 2. The zero-order chi connectivity index (χ0) is 36.6. The number of fused-ring (bicyclic) bond motifs is 9. The van der Waals surface area contributed by atoms with E-state index in [1.54, 1.807) is 0 Å². The lowest BCUT2D eigenvalue weighted by Gasteiger charge is -2.14. The van der Waals surface area contributed by atoms with Gasteiger partial charge >= 0.3 is 0 Å². The first-order chi connectivity index (χ1) is 27.2. The number of nitrogens with zero attached hydrogens (tertiary/aromatic N) is 5. The van der Waals surface area contributed by atoms with Crippen LogP contribution in [0.4, 0.5) is 0 Å². The average molecular weight is 700 g/mol. The van der Waals surface area contributed by atoms with Crippen molar-refractivity contribution in [2.24, 2.45) is 0 Å². The Morgan fingerprint density at radius 3 is 1.51 bits per heavy atom. The maximum absolute atomic E-state index is 10.6. The first-order valence-electron chi connectivity index (χ1n) is 18.3. The molecule has 0 bridgehead atoms. The van der Waals surface area contributed by atoms with Gasteiger partial charge in [-0.1, -0.05) is 97.1 Å². The Labute approximate surface area is 316 Å². The second-order valence-corrected chi connectivity index (χ2v) is 14.0. The summed E-state index contributed by atoms with van der Waals surface area (Å²) in [5, 5.41) is 27.5. The van der Waals surface area contributed by atoms with E-state index in [2.05, 4.69) is 184 Å². The molecule has 11 aromatic rings. The molecule has 11 rings (SSSR count). The summed E-state index contributed by atoms with van der Waals surface area (Å²) in [4.78, 5) is 0. The molecule has 55 heavy (non-hydrogen) atoms. The van der Waals surface area contributed by atoms with E-state index in [9.17, 15) is 10.5 Å². The normalized spacial score (nSPS) is 11.6. The third-order valence-electron chi connectivity index (χ3n) is 11.1. The molecule has 0 spiro atoms. The Balaban J connectivity index is 1.12. The van der Waals surface area contributed by atoms with Crippen molar-refractivity contribution in [3.05, 3.63) is 187 Å². The number of rotatable bonds is 4. The summed E-state index contributed by atoms with van der Waals surface area (Å²) >= 11 is 0. The molecule has 0 aliphatic rings. The first kappa shape index (κ1) is 30.7. The molecule has 0 unspecified atom stereocenters. The molecule has 0 N–H and O–H groups in total. The Hall–Kier alpha value is -7.86. The molecule has 3 aromatic heterocycles. The standard InChI is InChI=1S/C50H29N5/c51-30-32-23-26-47-42(27-32)50-48(21-10-22-49(50)55-45-19-7-3-15-40(45)41-16-4-8-20-46(41)55)54(47)35-12-9-11-33(28-35)37-25-24-36(29-34(37)31-52)53-43-17-5-1-13-38(43)39-14-2-6-18-44(39)53/h1-29H. The molecule has 0 amide bonds. The molecule has 0 saturated carbocycles. The minimum absolute atomic E-state index is 0.603. The van der Waals surface area contributed by atoms with Crippen LogP contribution in [-0.4, -0.2) is 13.7 Å². The highest BCUT2D eigenvalue weighted by Gasteiger charge is 2.21. The van der Waals surface area contributed by atoms with Gasteiger partial charge in [0.2, 0.25) is 0 Å². The van der Waals surface area contributed by atoms with Crippen LogP contribution < -0.4 is 0 Å². The molecule has 0 saturated heterocycles. The van der Waals surface area contributed by atoms with Gasteiger partial charge in [0.1, 0.15) is 0 Å². The molecule has 5 heteroatoms. The Bertz CT molecular complexity index is 3360. The van der Waals surface area contributed by atoms with E-state index >= 15 is 0 Å². The van der Waals surface area contributed by atoms with Crippen molar-refractivity contribution in [3.63, 3.8) is 0 Å². The lowest BCUT2D eigenvalue weighted by molar-refractivity contribution is 1.17. The predicted molar refractivity (Wildman–Crippen MR) is 224 cm³/mol. The molecular formula is C50H29N5. The number of para-hydroxylation sites is 4. The number of benzene rings is 8. The average Bonchev–Trinajstić information content (AvgIpc) is 3.89. The fourth-order valence-corrected chi connectivity index (χ4v) is 8.80. The van der Waals surface area contributed by atoms with Gasteiger partial charge in [-0.2, -0.15) is 10.5 Å². The highest BCUT2D eigenvalue weighted by Crippen LogP contribution is 2.41. The van der Waals surface area contributed by atoms with Crippen LogP contribution in [0.1, 0.15) is 11.1 Å². The molecule has 0 aliphatic heterocycles. The fraction of sp³-hybridized carbons (Fsp3) is 0. The summed E-state index contributed by atoms with van der Waals surface area (Å²) in [6.07, 6.45) is 0. The van der Waals surface area contributed by atoms with Crippen LogP contribution in [0, 0.1) is 22.7 Å². The van der Waals surface area contributed by atoms with Crippen molar-refractivity contribution >= 4 is 65.4 Å². The van der Waals surface area contributed by atoms with Gasteiger partial charge in [0.25, 0.3) is 0 Å². The van der Waals surface area contributed by atoms with Gasteiger partial charge in [-0.15, -0.1) is 0 Å². The van der Waals surface area contributed by atoms with E-state index in [1.807, 2.05) is 18.2 Å². The topological polar surface area (TPSA) is 62.4 Å². The summed E-state index contributed by atoms with van der Waals surface area (Å²) in [5.41, 5.74) is 12.5. The van der Waals surface area contributed by atoms with Crippen molar-refractivity contribution in [1.82, 2.24) is 13.7 Å². The smallest absolute Gasteiger partial charge is 0.0998 e. The summed E-state index contributed by atoms with van der Waals surface area (Å²) in [7, 11) is 0. The maximum atomic E-state index is 10.6. The van der Waals surface area contributed by atoms with Crippen LogP contribution in [-0.2, 0) is 0 Å². The van der Waals surface area contributed by atoms with E-state index in [1.165, 1.54) is 21.5 Å². The van der Waals surface area contributed by atoms with Gasteiger partial charge in [-0.25, -0.2) is 0 Å². The van der Waals surface area contributed by atoms with Crippen LogP contribution in [0.5, 0.6) is 0 Å². The molecule has 0 atom stereocenters. The Kier molecular flexibility index (Phi) is 6.61. The second-order valence-electron chi connectivity index (χ2n) is 14.0. The van der Waals surface area contributed by atoms with E-state index in [0.717, 1.165) is 72.1 Å². The molecule has 5 nitrogen and oxygen atoms in total. The molecule has 254 valence electrons. The van der Waals surface area contributed by atoms with Crippen LogP contribution in [0.3, 0.4) is 0 Å². The molecule has 0 fully saturated rings. The van der Waals surface area contributed by atoms with E-state index in [4.69, 9.17) is 0 Å². The van der Waals surface area contributed by atoms with Gasteiger partial charge in [-0.3, -0.25) is 0 Å². The number of aromatic nitrogens is 3.